The Hall–Kier alpha value is -2.34. The topological polar surface area (TPSA) is 86.3 Å². The summed E-state index contributed by atoms with van der Waals surface area (Å²) in [7, 11) is 1.61. The van der Waals surface area contributed by atoms with Gasteiger partial charge in [-0.1, -0.05) is 6.07 Å². The molecule has 2 aromatic rings. The number of aromatic nitrogens is 1. The number of hydrogen-bond acceptors (Lipinski definition) is 4. The molecular formula is C17H21N3O3. The lowest BCUT2D eigenvalue weighted by Crippen LogP contribution is -2.31. The van der Waals surface area contributed by atoms with E-state index in [0.29, 0.717) is 36.7 Å². The fourth-order valence-electron chi connectivity index (χ4n) is 2.75. The summed E-state index contributed by atoms with van der Waals surface area (Å²) in [6.07, 6.45) is 4.49. The van der Waals surface area contributed by atoms with E-state index in [4.69, 9.17) is 10.5 Å². The van der Waals surface area contributed by atoms with E-state index in [1.165, 1.54) is 0 Å². The Morgan fingerprint density at radius 1 is 1.43 bits per heavy atom. The number of pyridine rings is 1. The summed E-state index contributed by atoms with van der Waals surface area (Å²) in [4.78, 5) is 25.1. The number of nitrogens with two attached hydrogens (primary N) is 1. The highest BCUT2D eigenvalue weighted by atomic mass is 16.5. The van der Waals surface area contributed by atoms with Crippen LogP contribution in [0.2, 0.25) is 0 Å². The molecular weight excluding hydrogens is 294 g/mol. The van der Waals surface area contributed by atoms with Crippen molar-refractivity contribution in [2.24, 2.45) is 0 Å². The van der Waals surface area contributed by atoms with Gasteiger partial charge in [0.15, 0.2) is 0 Å². The van der Waals surface area contributed by atoms with Gasteiger partial charge in [-0.15, -0.1) is 0 Å². The third kappa shape index (κ3) is 3.07. The van der Waals surface area contributed by atoms with Gasteiger partial charge in [-0.3, -0.25) is 9.59 Å². The first-order valence-corrected chi connectivity index (χ1v) is 7.84. The van der Waals surface area contributed by atoms with Crippen molar-refractivity contribution in [1.82, 2.24) is 9.88 Å². The Kier molecular flexibility index (Phi) is 4.34. The molecule has 0 bridgehead atoms. The van der Waals surface area contributed by atoms with Gasteiger partial charge in [0.2, 0.25) is 5.43 Å². The van der Waals surface area contributed by atoms with Crippen LogP contribution >= 0.6 is 0 Å². The Morgan fingerprint density at radius 3 is 2.91 bits per heavy atom. The Labute approximate surface area is 134 Å². The second-order valence-corrected chi connectivity index (χ2v) is 5.85. The lowest BCUT2D eigenvalue weighted by atomic mass is 10.1. The average Bonchev–Trinajstić information content (AvgIpc) is 3.36. The van der Waals surface area contributed by atoms with Crippen molar-refractivity contribution < 1.29 is 9.53 Å². The number of benzene rings is 1. The molecule has 1 fully saturated rings. The molecule has 3 rings (SSSR count). The number of ether oxygens (including phenoxy) is 1. The van der Waals surface area contributed by atoms with Gasteiger partial charge in [0.1, 0.15) is 5.56 Å². The van der Waals surface area contributed by atoms with E-state index in [1.807, 2.05) is 16.7 Å². The summed E-state index contributed by atoms with van der Waals surface area (Å²) in [5.74, 6) is -0.356. The number of nitrogens with one attached hydrogen (secondary N) is 1. The number of anilines is 1. The Morgan fingerprint density at radius 2 is 2.22 bits per heavy atom. The normalized spacial score (nSPS) is 14.1. The molecule has 122 valence electrons. The maximum absolute atomic E-state index is 12.7. The largest absolute Gasteiger partial charge is 0.398 e. The minimum atomic E-state index is -0.356. The van der Waals surface area contributed by atoms with Gasteiger partial charge < -0.3 is 20.4 Å². The summed E-state index contributed by atoms with van der Waals surface area (Å²) >= 11 is 0. The molecule has 0 atom stereocenters. The second-order valence-electron chi connectivity index (χ2n) is 5.85. The molecule has 1 aliphatic rings. The quantitative estimate of drug-likeness (QED) is 0.627. The van der Waals surface area contributed by atoms with Crippen LogP contribution in [0, 0.1) is 0 Å². The van der Waals surface area contributed by atoms with Crippen LogP contribution in [0.5, 0.6) is 0 Å². The number of methoxy groups -OCH3 is 1. The maximum atomic E-state index is 12.7. The van der Waals surface area contributed by atoms with Crippen LogP contribution in [0.1, 0.15) is 35.7 Å². The van der Waals surface area contributed by atoms with E-state index in [-0.39, 0.29) is 16.9 Å². The predicted octanol–water partition coefficient (Wildman–Crippen LogP) is 1.68. The highest BCUT2D eigenvalue weighted by Gasteiger charge is 2.27. The Bertz CT molecular complexity index is 794. The van der Waals surface area contributed by atoms with E-state index in [9.17, 15) is 9.59 Å². The molecule has 0 aliphatic heterocycles. The second kappa shape index (κ2) is 6.42. The van der Waals surface area contributed by atoms with Crippen LogP contribution in [0.4, 0.5) is 5.69 Å². The summed E-state index contributed by atoms with van der Waals surface area (Å²) in [6, 6.07) is 5.76. The number of fused-ring (bicyclic) bond motifs is 1. The predicted molar refractivity (Wildman–Crippen MR) is 89.7 cm³/mol. The minimum Gasteiger partial charge on any atom is -0.398 e. The molecule has 1 heterocycles. The van der Waals surface area contributed by atoms with Crippen molar-refractivity contribution in [2.45, 2.75) is 25.3 Å². The molecule has 6 nitrogen and oxygen atoms in total. The lowest BCUT2D eigenvalue weighted by molar-refractivity contribution is 0.0947. The van der Waals surface area contributed by atoms with Gasteiger partial charge in [-0.2, -0.15) is 0 Å². The fourth-order valence-corrected chi connectivity index (χ4v) is 2.75. The molecule has 3 N–H and O–H groups in total. The number of hydrogen-bond donors (Lipinski definition) is 2. The maximum Gasteiger partial charge on any atom is 0.256 e. The molecule has 1 aromatic heterocycles. The third-order valence-corrected chi connectivity index (χ3v) is 4.09. The molecule has 0 radical (unpaired) electrons. The van der Waals surface area contributed by atoms with Crippen molar-refractivity contribution in [1.29, 1.82) is 0 Å². The average molecular weight is 315 g/mol. The van der Waals surface area contributed by atoms with Gasteiger partial charge in [0.25, 0.3) is 5.91 Å². The third-order valence-electron chi connectivity index (χ3n) is 4.09. The summed E-state index contributed by atoms with van der Waals surface area (Å²) in [6.45, 7) is 1.04. The van der Waals surface area contributed by atoms with Gasteiger partial charge in [-0.05, 0) is 31.4 Å². The molecule has 1 amide bonds. The summed E-state index contributed by atoms with van der Waals surface area (Å²) in [5.41, 5.74) is 7.05. The number of amides is 1. The van der Waals surface area contributed by atoms with Crippen LogP contribution < -0.4 is 16.5 Å². The standard InChI is InChI=1S/C17H21N3O3/c1-23-9-3-8-19-17(22)12-10-20(11-6-7-11)14-5-2-4-13(18)15(14)16(12)21/h2,4-5,10-11H,3,6-9,18H2,1H3,(H,19,22). The van der Waals surface area contributed by atoms with Gasteiger partial charge in [-0.25, -0.2) is 0 Å². The van der Waals surface area contributed by atoms with Gasteiger partial charge >= 0.3 is 0 Å². The molecule has 0 unspecified atom stereocenters. The number of nitrogens with zero attached hydrogens (tertiary/aromatic N) is 1. The molecule has 1 saturated carbocycles. The van der Waals surface area contributed by atoms with Crippen molar-refractivity contribution in [3.05, 3.63) is 40.2 Å². The Balaban J connectivity index is 2.00. The van der Waals surface area contributed by atoms with E-state index < -0.39 is 0 Å². The SMILES string of the molecule is COCCCNC(=O)c1cn(C2CC2)c2cccc(N)c2c1=O. The monoisotopic (exact) mass is 315 g/mol. The van der Waals surface area contributed by atoms with E-state index >= 15 is 0 Å². The molecule has 23 heavy (non-hydrogen) atoms. The first-order valence-electron chi connectivity index (χ1n) is 7.84. The zero-order valence-electron chi connectivity index (χ0n) is 13.2. The molecule has 6 heteroatoms. The van der Waals surface area contributed by atoms with Crippen LogP contribution in [-0.2, 0) is 4.74 Å². The van der Waals surface area contributed by atoms with Crippen molar-refractivity contribution in [3.8, 4) is 0 Å². The van der Waals surface area contributed by atoms with Crippen LogP contribution in [-0.4, -0.2) is 30.7 Å². The summed E-state index contributed by atoms with van der Waals surface area (Å²) < 4.78 is 6.96. The van der Waals surface area contributed by atoms with Crippen LogP contribution in [0.3, 0.4) is 0 Å². The van der Waals surface area contributed by atoms with Gasteiger partial charge in [0.05, 0.1) is 10.9 Å². The van der Waals surface area contributed by atoms with E-state index in [2.05, 4.69) is 5.32 Å². The number of carbonyl (C=O) groups excluding carboxylic acids is 1. The van der Waals surface area contributed by atoms with Crippen LogP contribution in [0.15, 0.2) is 29.2 Å². The van der Waals surface area contributed by atoms with E-state index in [1.54, 1.807) is 19.4 Å². The fraction of sp³-hybridized carbons (Fsp3) is 0.412. The zero-order chi connectivity index (χ0) is 16.4. The summed E-state index contributed by atoms with van der Waals surface area (Å²) in [5, 5.41) is 3.21. The molecule has 1 aromatic carbocycles. The first kappa shape index (κ1) is 15.6. The van der Waals surface area contributed by atoms with Crippen molar-refractivity contribution in [3.63, 3.8) is 0 Å². The van der Waals surface area contributed by atoms with E-state index in [0.717, 1.165) is 18.4 Å². The first-order chi connectivity index (χ1) is 11.1. The molecule has 1 aliphatic carbocycles. The number of carbonyl (C=O) groups is 1. The lowest BCUT2D eigenvalue weighted by Gasteiger charge is -2.14. The number of nitrogen functional groups attached to an aromatic ring is 1. The van der Waals surface area contributed by atoms with Crippen molar-refractivity contribution in [2.75, 3.05) is 26.0 Å². The highest BCUT2D eigenvalue weighted by Crippen LogP contribution is 2.37. The van der Waals surface area contributed by atoms with Gasteiger partial charge in [0, 0.05) is 38.2 Å². The smallest absolute Gasteiger partial charge is 0.256 e. The molecule has 0 spiro atoms. The number of rotatable bonds is 6. The minimum absolute atomic E-state index is 0.153. The van der Waals surface area contributed by atoms with Crippen molar-refractivity contribution >= 4 is 22.5 Å². The molecule has 0 saturated heterocycles. The highest BCUT2D eigenvalue weighted by molar-refractivity contribution is 6.00. The van der Waals surface area contributed by atoms with Crippen LogP contribution in [0.25, 0.3) is 10.9 Å². The zero-order valence-corrected chi connectivity index (χ0v) is 13.2.